The Bertz CT molecular complexity index is 1400. The summed E-state index contributed by atoms with van der Waals surface area (Å²) in [7, 11) is 1.67. The molecule has 3 aromatic rings. The lowest BCUT2D eigenvalue weighted by Crippen LogP contribution is -2.65. The third-order valence-corrected chi connectivity index (χ3v) is 7.59. The minimum atomic E-state index is -4.56. The number of halogens is 5. The first-order valence-corrected chi connectivity index (χ1v) is 12.7. The fourth-order valence-electron chi connectivity index (χ4n) is 5.03. The number of alkyl halides is 5. The van der Waals surface area contributed by atoms with Gasteiger partial charge in [0.2, 0.25) is 0 Å². The van der Waals surface area contributed by atoms with Gasteiger partial charge >= 0.3 is 5.51 Å². The predicted octanol–water partition coefficient (Wildman–Crippen LogP) is 3.75. The van der Waals surface area contributed by atoms with Crippen LogP contribution < -0.4 is 10.6 Å². The molecule has 2 N–H and O–H groups in total. The molecule has 14 heteroatoms. The van der Waals surface area contributed by atoms with E-state index in [1.807, 2.05) is 0 Å². The summed E-state index contributed by atoms with van der Waals surface area (Å²) < 4.78 is 68.8. The normalized spacial score (nSPS) is 21.2. The number of carbonyl (C=O) groups excluding carboxylic acids is 1. The number of hydrogen-bond acceptors (Lipinski definition) is 6. The first-order chi connectivity index (χ1) is 18.0. The molecule has 3 aliphatic rings. The molecule has 2 bridgehead atoms. The molecule has 2 saturated heterocycles. The monoisotopic (exact) mass is 553 g/mol. The zero-order valence-electron chi connectivity index (χ0n) is 20.2. The third-order valence-electron chi connectivity index (χ3n) is 6.75. The molecule has 0 radical (unpaired) electrons. The Balaban J connectivity index is 1.36. The van der Waals surface area contributed by atoms with Gasteiger partial charge in [0.05, 0.1) is 35.3 Å². The molecule has 0 aromatic carbocycles. The van der Waals surface area contributed by atoms with E-state index in [0.717, 1.165) is 0 Å². The van der Waals surface area contributed by atoms with Crippen molar-refractivity contribution < 1.29 is 26.7 Å². The summed E-state index contributed by atoms with van der Waals surface area (Å²) in [5.41, 5.74) is -4.36. The van der Waals surface area contributed by atoms with E-state index in [2.05, 4.69) is 32.7 Å². The van der Waals surface area contributed by atoms with Gasteiger partial charge in [-0.25, -0.2) is 13.3 Å². The number of amides is 1. The maximum atomic E-state index is 13.4. The van der Waals surface area contributed by atoms with Gasteiger partial charge in [0.15, 0.2) is 0 Å². The van der Waals surface area contributed by atoms with Gasteiger partial charge in [-0.3, -0.25) is 14.4 Å². The van der Waals surface area contributed by atoms with Crippen molar-refractivity contribution in [3.63, 3.8) is 0 Å². The van der Waals surface area contributed by atoms with E-state index in [-0.39, 0.29) is 52.5 Å². The molecule has 3 fully saturated rings. The summed E-state index contributed by atoms with van der Waals surface area (Å²) in [5, 5.41) is 14.3. The number of carbonyl (C=O) groups is 1. The van der Waals surface area contributed by atoms with Crippen LogP contribution in [0, 0.1) is 11.8 Å². The van der Waals surface area contributed by atoms with Crippen molar-refractivity contribution in [2.45, 2.75) is 47.7 Å². The number of nitrogens with zero attached hydrogens (tertiary/aromatic N) is 5. The number of thioether (sulfide) groups is 1. The molecule has 0 atom stereocenters. The molecule has 0 spiro atoms. The summed E-state index contributed by atoms with van der Waals surface area (Å²) in [5.74, 6) is 5.45. The van der Waals surface area contributed by atoms with Crippen molar-refractivity contribution >= 4 is 29.0 Å². The van der Waals surface area contributed by atoms with Gasteiger partial charge in [0.1, 0.15) is 11.5 Å². The molecule has 38 heavy (non-hydrogen) atoms. The lowest BCUT2D eigenvalue weighted by Gasteiger charge is -2.58. The van der Waals surface area contributed by atoms with Gasteiger partial charge < -0.3 is 10.6 Å². The molecule has 202 valence electrons. The number of fused-ring (bicyclic) bond motifs is 3. The standard InChI is InChI=1S/C24H24F5N7OS/c1-34-13-15(12-31-34)22(37)30-8-3-4-17-21(38-24(27,28)29)18-5-2-6-20(36(18)33-17)32-23-7-9-35(14-19(25)26)16(10-23)11-23/h2,5-6,12-13,16,19,32H,7-11,14H2,1H3,(H,30,37). The number of pyridine rings is 1. The number of rotatable bonds is 7. The van der Waals surface area contributed by atoms with Crippen LogP contribution in [0.4, 0.5) is 27.8 Å². The number of hydrogen-bond donors (Lipinski definition) is 2. The first kappa shape index (κ1) is 26.3. The topological polar surface area (TPSA) is 79.5 Å². The van der Waals surface area contributed by atoms with Crippen LogP contribution in [0.3, 0.4) is 0 Å². The smallest absolute Gasteiger partial charge is 0.364 e. The van der Waals surface area contributed by atoms with E-state index in [0.29, 0.717) is 37.2 Å². The Labute approximate surface area is 218 Å². The Morgan fingerprint density at radius 2 is 2.11 bits per heavy atom. The maximum Gasteiger partial charge on any atom is 0.446 e. The summed E-state index contributed by atoms with van der Waals surface area (Å²) in [4.78, 5) is 13.8. The maximum absolute atomic E-state index is 13.4. The molecule has 1 saturated carbocycles. The van der Waals surface area contributed by atoms with Gasteiger partial charge in [-0.1, -0.05) is 12.0 Å². The molecule has 2 aliphatic heterocycles. The molecule has 1 aliphatic carbocycles. The summed E-state index contributed by atoms with van der Waals surface area (Å²) >= 11 is -0.292. The second-order valence-electron chi connectivity index (χ2n) is 9.42. The van der Waals surface area contributed by atoms with Crippen LogP contribution >= 0.6 is 11.8 Å². The number of nitrogens with one attached hydrogen (secondary N) is 2. The Hall–Kier alpha value is -3.31. The number of aryl methyl sites for hydroxylation is 1. The van der Waals surface area contributed by atoms with Gasteiger partial charge in [-0.15, -0.1) is 0 Å². The SMILES string of the molecule is Cn1cc(C(=O)NCC#Cc2nn3c(NC45CCN(CC(F)F)C(C4)C5)cccc3c2SC(F)(F)F)cn1. The Morgan fingerprint density at radius 1 is 1.32 bits per heavy atom. The van der Waals surface area contributed by atoms with Crippen LogP contribution in [-0.2, 0) is 7.05 Å². The second-order valence-corrected chi connectivity index (χ2v) is 10.5. The van der Waals surface area contributed by atoms with Crippen LogP contribution in [0.2, 0.25) is 0 Å². The molecule has 3 aromatic heterocycles. The molecule has 1 amide bonds. The van der Waals surface area contributed by atoms with Crippen LogP contribution in [0.5, 0.6) is 0 Å². The average Bonchev–Trinajstić information content (AvgIpc) is 3.40. The fraction of sp³-hybridized carbons (Fsp3) is 0.458. The molecular formula is C24H24F5N7OS. The number of anilines is 1. The Morgan fingerprint density at radius 3 is 2.74 bits per heavy atom. The first-order valence-electron chi connectivity index (χ1n) is 11.9. The van der Waals surface area contributed by atoms with E-state index in [9.17, 15) is 26.7 Å². The van der Waals surface area contributed by atoms with E-state index in [1.165, 1.54) is 27.7 Å². The van der Waals surface area contributed by atoms with E-state index >= 15 is 0 Å². The molecule has 8 nitrogen and oxygen atoms in total. The highest BCUT2D eigenvalue weighted by molar-refractivity contribution is 8.00. The van der Waals surface area contributed by atoms with Crippen LogP contribution in [0.1, 0.15) is 35.3 Å². The van der Waals surface area contributed by atoms with Gasteiger partial charge in [-0.2, -0.15) is 23.4 Å². The largest absolute Gasteiger partial charge is 0.446 e. The molecule has 0 unspecified atom stereocenters. The highest BCUT2D eigenvalue weighted by Gasteiger charge is 2.51. The van der Waals surface area contributed by atoms with Gasteiger partial charge in [-0.05, 0) is 49.1 Å². The highest BCUT2D eigenvalue weighted by atomic mass is 32.2. The van der Waals surface area contributed by atoms with Crippen LogP contribution in [0.15, 0.2) is 35.5 Å². The number of piperidine rings is 2. The summed E-state index contributed by atoms with van der Waals surface area (Å²) in [6.45, 7) is 0.175. The molecule has 5 heterocycles. The van der Waals surface area contributed by atoms with E-state index in [4.69, 9.17) is 0 Å². The fourth-order valence-corrected chi connectivity index (χ4v) is 5.71. The summed E-state index contributed by atoms with van der Waals surface area (Å²) in [6.07, 6.45) is 2.52. The van der Waals surface area contributed by atoms with E-state index < -0.39 is 17.8 Å². The average molecular weight is 554 g/mol. The minimum absolute atomic E-state index is 0.0572. The van der Waals surface area contributed by atoms with Crippen molar-refractivity contribution in [3.8, 4) is 11.8 Å². The second kappa shape index (κ2) is 10.1. The van der Waals surface area contributed by atoms with E-state index in [1.54, 1.807) is 24.1 Å². The van der Waals surface area contributed by atoms with Crippen molar-refractivity contribution in [2.75, 3.05) is 25.0 Å². The zero-order chi connectivity index (χ0) is 27.1. The van der Waals surface area contributed by atoms with Gasteiger partial charge in [0, 0.05) is 31.4 Å². The van der Waals surface area contributed by atoms with Crippen molar-refractivity contribution in [3.05, 3.63) is 41.9 Å². The van der Waals surface area contributed by atoms with Gasteiger partial charge in [0.25, 0.3) is 12.3 Å². The lowest BCUT2D eigenvalue weighted by molar-refractivity contribution is -0.0327. The lowest BCUT2D eigenvalue weighted by atomic mass is 9.66. The number of aromatic nitrogens is 4. The van der Waals surface area contributed by atoms with Crippen LogP contribution in [-0.4, -0.2) is 73.4 Å². The highest BCUT2D eigenvalue weighted by Crippen LogP contribution is 2.46. The Kier molecular flexibility index (Phi) is 6.99. The zero-order valence-corrected chi connectivity index (χ0v) is 21.0. The quantitative estimate of drug-likeness (QED) is 0.264. The molecule has 6 rings (SSSR count). The van der Waals surface area contributed by atoms with Crippen molar-refractivity contribution in [1.82, 2.24) is 29.6 Å². The summed E-state index contributed by atoms with van der Waals surface area (Å²) in [6, 6.07) is 4.96. The predicted molar refractivity (Wildman–Crippen MR) is 131 cm³/mol. The van der Waals surface area contributed by atoms with Crippen molar-refractivity contribution in [1.29, 1.82) is 0 Å². The van der Waals surface area contributed by atoms with Crippen molar-refractivity contribution in [2.24, 2.45) is 7.05 Å². The molecular weight excluding hydrogens is 529 g/mol. The van der Waals surface area contributed by atoms with Crippen LogP contribution in [0.25, 0.3) is 5.52 Å². The minimum Gasteiger partial charge on any atom is -0.364 e. The third kappa shape index (κ3) is 5.58.